The molecule has 6 nitrogen and oxygen atoms in total. The lowest BCUT2D eigenvalue weighted by molar-refractivity contribution is -0.386. The van der Waals surface area contributed by atoms with Gasteiger partial charge < -0.3 is 11.1 Å². The molecule has 0 saturated heterocycles. The van der Waals surface area contributed by atoms with Crippen LogP contribution in [0.1, 0.15) is 31.2 Å². The van der Waals surface area contributed by atoms with Gasteiger partial charge in [0.2, 0.25) is 0 Å². The van der Waals surface area contributed by atoms with E-state index in [4.69, 9.17) is 5.73 Å². The minimum Gasteiger partial charge on any atom is -0.321 e. The molecule has 0 aliphatic heterocycles. The smallest absolute Gasteiger partial charge is 0.321 e. The number of hydrogen-bond acceptors (Lipinski definition) is 6. The van der Waals surface area contributed by atoms with Gasteiger partial charge in [0.05, 0.1) is 27.2 Å². The predicted molar refractivity (Wildman–Crippen MR) is 88.5 cm³/mol. The van der Waals surface area contributed by atoms with Gasteiger partial charge >= 0.3 is 6.18 Å². The number of nitrogens with two attached hydrogens (primary N) is 1. The van der Waals surface area contributed by atoms with Gasteiger partial charge in [0, 0.05) is 11.6 Å². The van der Waals surface area contributed by atoms with E-state index in [9.17, 15) is 23.3 Å². The third kappa shape index (κ3) is 3.75. The van der Waals surface area contributed by atoms with E-state index in [0.717, 1.165) is 0 Å². The first-order chi connectivity index (χ1) is 11.7. The highest BCUT2D eigenvalue weighted by molar-refractivity contribution is 7.17. The van der Waals surface area contributed by atoms with Crippen molar-refractivity contribution in [2.24, 2.45) is 5.73 Å². The minimum absolute atomic E-state index is 0.126. The summed E-state index contributed by atoms with van der Waals surface area (Å²) in [7, 11) is 0. The van der Waals surface area contributed by atoms with E-state index in [2.05, 4.69) is 10.3 Å². The summed E-state index contributed by atoms with van der Waals surface area (Å²) in [4.78, 5) is 15.0. The molecule has 1 aliphatic carbocycles. The Bertz CT molecular complexity index is 785. The first kappa shape index (κ1) is 18.0. The van der Waals surface area contributed by atoms with Gasteiger partial charge in [-0.2, -0.15) is 13.2 Å². The third-order valence-electron chi connectivity index (χ3n) is 4.62. The minimum atomic E-state index is -4.26. The molecule has 1 saturated carbocycles. The van der Waals surface area contributed by atoms with Gasteiger partial charge in [-0.15, -0.1) is 11.3 Å². The van der Waals surface area contributed by atoms with Crippen molar-refractivity contribution >= 4 is 27.2 Å². The fourth-order valence-corrected chi connectivity index (χ4v) is 4.37. The van der Waals surface area contributed by atoms with E-state index in [1.165, 1.54) is 17.5 Å². The molecule has 1 fully saturated rings. The molecule has 0 amide bonds. The van der Waals surface area contributed by atoms with E-state index >= 15 is 0 Å². The maximum atomic E-state index is 12.3. The van der Waals surface area contributed by atoms with Crippen LogP contribution >= 0.6 is 11.3 Å². The Kier molecular flexibility index (Phi) is 4.69. The summed E-state index contributed by atoms with van der Waals surface area (Å²) in [6.07, 6.45) is -1.43. The molecule has 3 rings (SSSR count). The molecule has 2 aromatic heterocycles. The zero-order valence-corrected chi connectivity index (χ0v) is 14.0. The van der Waals surface area contributed by atoms with Crippen LogP contribution in [0, 0.1) is 10.1 Å². The Morgan fingerprint density at radius 3 is 2.72 bits per heavy atom. The highest BCUT2D eigenvalue weighted by Gasteiger charge is 2.40. The van der Waals surface area contributed by atoms with Crippen molar-refractivity contribution in [3.8, 4) is 0 Å². The molecule has 136 valence electrons. The van der Waals surface area contributed by atoms with Crippen LogP contribution in [0.3, 0.4) is 0 Å². The van der Waals surface area contributed by atoms with Gasteiger partial charge in [0.1, 0.15) is 6.20 Å². The lowest BCUT2D eigenvalue weighted by Gasteiger charge is -2.37. The number of halogens is 3. The first-order valence-electron chi connectivity index (χ1n) is 7.80. The first-order valence-corrected chi connectivity index (χ1v) is 8.68. The zero-order valence-electron chi connectivity index (χ0n) is 13.2. The summed E-state index contributed by atoms with van der Waals surface area (Å²) in [6, 6.07) is 1.48. The van der Waals surface area contributed by atoms with Crippen LogP contribution in [0.4, 0.5) is 18.9 Å². The number of nitrogens with zero attached hydrogens (tertiary/aromatic N) is 2. The summed E-state index contributed by atoms with van der Waals surface area (Å²) in [5.41, 5.74) is 6.54. The highest BCUT2D eigenvalue weighted by Crippen LogP contribution is 2.43. The van der Waals surface area contributed by atoms with Crippen molar-refractivity contribution in [3.05, 3.63) is 33.3 Å². The lowest BCUT2D eigenvalue weighted by atomic mass is 9.75. The second-order valence-electron chi connectivity index (χ2n) is 6.34. The SMILES string of the molecule is NC1(c2c([N+](=O)[O-])cnc3ccsc23)CCC(NCC(F)(F)F)CC1. The fourth-order valence-electron chi connectivity index (χ4n) is 3.37. The standard InChI is InChI=1S/C15H17F3N4O2S/c16-15(17,18)8-21-9-1-4-14(19,5-2-9)12-11(22(23)24)7-20-10-3-6-25-13(10)12/h3,6-7,9,21H,1-2,4-5,8,19H2. The number of aromatic nitrogens is 1. The van der Waals surface area contributed by atoms with Crippen LogP contribution in [0.15, 0.2) is 17.6 Å². The summed E-state index contributed by atoms with van der Waals surface area (Å²) in [6.45, 7) is -1.04. The summed E-state index contributed by atoms with van der Waals surface area (Å²) in [5.74, 6) is 0. The summed E-state index contributed by atoms with van der Waals surface area (Å²) < 4.78 is 37.7. The van der Waals surface area contributed by atoms with Crippen molar-refractivity contribution in [1.82, 2.24) is 10.3 Å². The van der Waals surface area contributed by atoms with Gasteiger partial charge in [0.25, 0.3) is 5.69 Å². The normalized spacial score (nSPS) is 24.6. The van der Waals surface area contributed by atoms with E-state index in [1.54, 1.807) is 11.4 Å². The Morgan fingerprint density at radius 1 is 1.44 bits per heavy atom. The highest BCUT2D eigenvalue weighted by atomic mass is 32.1. The Balaban J connectivity index is 1.85. The second kappa shape index (κ2) is 6.50. The van der Waals surface area contributed by atoms with Crippen molar-refractivity contribution in [2.75, 3.05) is 6.54 Å². The van der Waals surface area contributed by atoms with Gasteiger partial charge in [0.15, 0.2) is 0 Å². The van der Waals surface area contributed by atoms with Crippen LogP contribution < -0.4 is 11.1 Å². The monoisotopic (exact) mass is 374 g/mol. The topological polar surface area (TPSA) is 94.1 Å². The molecule has 25 heavy (non-hydrogen) atoms. The quantitative estimate of drug-likeness (QED) is 0.631. The Morgan fingerprint density at radius 2 is 2.12 bits per heavy atom. The van der Waals surface area contributed by atoms with Crippen LogP contribution in [0.2, 0.25) is 0 Å². The molecule has 0 aromatic carbocycles. The molecule has 0 radical (unpaired) electrons. The largest absolute Gasteiger partial charge is 0.401 e. The number of nitrogens with one attached hydrogen (secondary N) is 1. The number of fused-ring (bicyclic) bond motifs is 1. The molecule has 0 spiro atoms. The predicted octanol–water partition coefficient (Wildman–Crippen LogP) is 3.45. The Labute approximate surface area is 145 Å². The van der Waals surface area contributed by atoms with Crippen molar-refractivity contribution in [1.29, 1.82) is 0 Å². The number of alkyl halides is 3. The number of thiophene rings is 1. The van der Waals surface area contributed by atoms with Crippen LogP contribution in [-0.2, 0) is 5.54 Å². The molecular formula is C15H17F3N4O2S. The van der Waals surface area contributed by atoms with Crippen molar-refractivity contribution in [3.63, 3.8) is 0 Å². The molecule has 0 atom stereocenters. The maximum absolute atomic E-state index is 12.3. The van der Waals surface area contributed by atoms with Gasteiger partial charge in [-0.25, -0.2) is 4.98 Å². The van der Waals surface area contributed by atoms with Crippen LogP contribution in [0.5, 0.6) is 0 Å². The fraction of sp³-hybridized carbons (Fsp3) is 0.533. The molecule has 10 heteroatoms. The van der Waals surface area contributed by atoms with Gasteiger partial charge in [-0.1, -0.05) is 0 Å². The summed E-state index contributed by atoms with van der Waals surface area (Å²) in [5, 5.41) is 15.7. The van der Waals surface area contributed by atoms with E-state index < -0.39 is 23.2 Å². The van der Waals surface area contributed by atoms with Crippen molar-refractivity contribution < 1.29 is 18.1 Å². The Hall–Kier alpha value is -1.78. The van der Waals surface area contributed by atoms with Crippen LogP contribution in [0.25, 0.3) is 10.2 Å². The summed E-state index contributed by atoms with van der Waals surface area (Å²) >= 11 is 1.34. The van der Waals surface area contributed by atoms with E-state index in [0.29, 0.717) is 41.5 Å². The van der Waals surface area contributed by atoms with Crippen molar-refractivity contribution in [2.45, 2.75) is 43.4 Å². The third-order valence-corrected chi connectivity index (χ3v) is 5.54. The molecule has 1 aliphatic rings. The van der Waals surface area contributed by atoms with E-state index in [-0.39, 0.29) is 11.7 Å². The molecular weight excluding hydrogens is 357 g/mol. The molecule has 0 unspecified atom stereocenters. The average Bonchev–Trinajstić information content (AvgIpc) is 3.01. The van der Waals surface area contributed by atoms with E-state index in [1.807, 2.05) is 0 Å². The number of pyridine rings is 1. The molecule has 0 bridgehead atoms. The number of nitro groups is 1. The lowest BCUT2D eigenvalue weighted by Crippen LogP contribution is -2.47. The second-order valence-corrected chi connectivity index (χ2v) is 7.25. The molecule has 2 aromatic rings. The van der Waals surface area contributed by atoms with Crippen LogP contribution in [-0.4, -0.2) is 28.7 Å². The average molecular weight is 374 g/mol. The molecule has 2 heterocycles. The van der Waals surface area contributed by atoms with Gasteiger partial charge in [-0.05, 0) is 37.1 Å². The maximum Gasteiger partial charge on any atom is 0.401 e. The number of hydrogen-bond donors (Lipinski definition) is 2. The number of rotatable bonds is 4. The van der Waals surface area contributed by atoms with Gasteiger partial charge in [-0.3, -0.25) is 10.1 Å². The zero-order chi connectivity index (χ0) is 18.2. The molecule has 3 N–H and O–H groups in total.